The first kappa shape index (κ1) is 15.8. The standard InChI is InChI=1S/C16H15ClN6O/c1-8-2-3-9(6-11(8)22-16(20)23-15(18)19)14-21-12-7-10(17)4-5-13(12)24-14/h2-7H,1H3,(H6,18,19,20,22,23). The van der Waals surface area contributed by atoms with Gasteiger partial charge in [0.15, 0.2) is 11.5 Å². The number of fused-ring (bicyclic) bond motifs is 1. The Kier molecular flexibility index (Phi) is 4.09. The fourth-order valence-corrected chi connectivity index (χ4v) is 2.33. The van der Waals surface area contributed by atoms with Crippen LogP contribution in [0.5, 0.6) is 0 Å². The minimum atomic E-state index is -0.152. The topological polar surface area (TPSA) is 129 Å². The first-order valence-corrected chi connectivity index (χ1v) is 7.41. The molecule has 1 heterocycles. The molecule has 0 atom stereocenters. The molecule has 0 bridgehead atoms. The van der Waals surface area contributed by atoms with E-state index in [2.05, 4.69) is 15.0 Å². The summed E-state index contributed by atoms with van der Waals surface area (Å²) in [4.78, 5) is 12.4. The minimum Gasteiger partial charge on any atom is -0.436 e. The lowest BCUT2D eigenvalue weighted by Crippen LogP contribution is -2.26. The van der Waals surface area contributed by atoms with E-state index in [1.807, 2.05) is 19.1 Å². The highest BCUT2D eigenvalue weighted by Crippen LogP contribution is 2.30. The van der Waals surface area contributed by atoms with Crippen molar-refractivity contribution in [3.63, 3.8) is 0 Å². The molecule has 0 radical (unpaired) electrons. The van der Waals surface area contributed by atoms with Gasteiger partial charge >= 0.3 is 0 Å². The molecule has 0 aliphatic heterocycles. The Morgan fingerprint density at radius 3 is 2.67 bits per heavy atom. The summed E-state index contributed by atoms with van der Waals surface area (Å²) >= 11 is 5.97. The van der Waals surface area contributed by atoms with E-state index in [1.165, 1.54) is 0 Å². The third-order valence-corrected chi connectivity index (χ3v) is 3.52. The van der Waals surface area contributed by atoms with Crippen molar-refractivity contribution in [1.82, 2.24) is 4.98 Å². The molecule has 6 N–H and O–H groups in total. The highest BCUT2D eigenvalue weighted by molar-refractivity contribution is 6.31. The number of aryl methyl sites for hydroxylation is 1. The molecule has 7 nitrogen and oxygen atoms in total. The zero-order valence-electron chi connectivity index (χ0n) is 12.8. The fourth-order valence-electron chi connectivity index (χ4n) is 2.17. The van der Waals surface area contributed by atoms with Crippen LogP contribution < -0.4 is 17.2 Å². The third kappa shape index (κ3) is 3.31. The van der Waals surface area contributed by atoms with E-state index in [0.29, 0.717) is 27.7 Å². The predicted molar refractivity (Wildman–Crippen MR) is 96.3 cm³/mol. The number of hydrogen-bond acceptors (Lipinski definition) is 3. The second-order valence-corrected chi connectivity index (χ2v) is 5.58. The lowest BCUT2D eigenvalue weighted by Gasteiger charge is -2.03. The summed E-state index contributed by atoms with van der Waals surface area (Å²) in [7, 11) is 0. The maximum Gasteiger partial charge on any atom is 0.227 e. The van der Waals surface area contributed by atoms with Crippen molar-refractivity contribution in [3.05, 3.63) is 47.0 Å². The van der Waals surface area contributed by atoms with E-state index in [0.717, 1.165) is 11.1 Å². The molecule has 0 amide bonds. The molecule has 2 aromatic carbocycles. The number of rotatable bonds is 2. The summed E-state index contributed by atoms with van der Waals surface area (Å²) in [6, 6.07) is 10.8. The number of halogens is 1. The Labute approximate surface area is 142 Å². The largest absolute Gasteiger partial charge is 0.436 e. The fraction of sp³-hybridized carbons (Fsp3) is 0.0625. The van der Waals surface area contributed by atoms with Gasteiger partial charge in [-0.25, -0.2) is 9.98 Å². The highest BCUT2D eigenvalue weighted by atomic mass is 35.5. The maximum atomic E-state index is 5.97. The summed E-state index contributed by atoms with van der Waals surface area (Å²) in [6.45, 7) is 1.90. The van der Waals surface area contributed by atoms with Crippen LogP contribution >= 0.6 is 11.6 Å². The average molecular weight is 343 g/mol. The molecular weight excluding hydrogens is 328 g/mol. The van der Waals surface area contributed by atoms with Gasteiger partial charge in [0.25, 0.3) is 0 Å². The van der Waals surface area contributed by atoms with Crippen LogP contribution in [-0.2, 0) is 0 Å². The van der Waals surface area contributed by atoms with Crippen LogP contribution in [0.3, 0.4) is 0 Å². The zero-order valence-corrected chi connectivity index (χ0v) is 13.6. The van der Waals surface area contributed by atoms with E-state index >= 15 is 0 Å². The lowest BCUT2D eigenvalue weighted by molar-refractivity contribution is 0.620. The number of aliphatic imine (C=N–C) groups is 2. The number of oxazole rings is 1. The molecule has 1 aromatic heterocycles. The average Bonchev–Trinajstić information content (AvgIpc) is 2.91. The van der Waals surface area contributed by atoms with Crippen LogP contribution in [0.15, 0.2) is 50.8 Å². The third-order valence-electron chi connectivity index (χ3n) is 3.28. The van der Waals surface area contributed by atoms with Crippen molar-refractivity contribution in [1.29, 1.82) is 0 Å². The SMILES string of the molecule is Cc1ccc(-c2nc3cc(Cl)ccc3o2)cc1N=C(N)N=C(N)N. The quantitative estimate of drug-likeness (QED) is 0.487. The second kappa shape index (κ2) is 6.21. The smallest absolute Gasteiger partial charge is 0.227 e. The Balaban J connectivity index is 2.05. The highest BCUT2D eigenvalue weighted by Gasteiger charge is 2.10. The molecule has 0 saturated carbocycles. The first-order valence-electron chi connectivity index (χ1n) is 7.03. The van der Waals surface area contributed by atoms with Crippen LogP contribution in [0.2, 0.25) is 5.02 Å². The van der Waals surface area contributed by atoms with Crippen molar-refractivity contribution < 1.29 is 4.42 Å². The van der Waals surface area contributed by atoms with Gasteiger partial charge in [-0.15, -0.1) is 0 Å². The number of guanidine groups is 2. The Morgan fingerprint density at radius 1 is 1.12 bits per heavy atom. The van der Waals surface area contributed by atoms with E-state index in [4.69, 9.17) is 33.2 Å². The van der Waals surface area contributed by atoms with E-state index < -0.39 is 0 Å². The number of hydrogen-bond donors (Lipinski definition) is 3. The van der Waals surface area contributed by atoms with Crippen LogP contribution in [0.4, 0.5) is 5.69 Å². The van der Waals surface area contributed by atoms with Crippen molar-refractivity contribution in [2.75, 3.05) is 0 Å². The van der Waals surface area contributed by atoms with Gasteiger partial charge in [-0.1, -0.05) is 17.7 Å². The Bertz CT molecular complexity index is 972. The van der Waals surface area contributed by atoms with E-state index in [9.17, 15) is 0 Å². The van der Waals surface area contributed by atoms with Gasteiger partial charge < -0.3 is 21.6 Å². The van der Waals surface area contributed by atoms with Crippen LogP contribution in [0.25, 0.3) is 22.6 Å². The lowest BCUT2D eigenvalue weighted by atomic mass is 10.1. The van der Waals surface area contributed by atoms with Crippen LogP contribution in [0, 0.1) is 6.92 Å². The van der Waals surface area contributed by atoms with Crippen molar-refractivity contribution in [3.8, 4) is 11.5 Å². The maximum absolute atomic E-state index is 5.97. The molecule has 0 unspecified atom stereocenters. The van der Waals surface area contributed by atoms with Gasteiger partial charge in [-0.2, -0.15) is 4.99 Å². The van der Waals surface area contributed by atoms with Gasteiger partial charge in [-0.3, -0.25) is 0 Å². The number of aromatic nitrogens is 1. The first-order chi connectivity index (χ1) is 11.4. The molecule has 0 aliphatic rings. The normalized spacial score (nSPS) is 11.7. The van der Waals surface area contributed by atoms with Gasteiger partial charge in [0.2, 0.25) is 11.9 Å². The van der Waals surface area contributed by atoms with Gasteiger partial charge in [-0.05, 0) is 42.8 Å². The van der Waals surface area contributed by atoms with Gasteiger partial charge in [0.1, 0.15) is 5.52 Å². The molecule has 0 aliphatic carbocycles. The summed E-state index contributed by atoms with van der Waals surface area (Å²) in [5, 5.41) is 0.599. The monoisotopic (exact) mass is 342 g/mol. The van der Waals surface area contributed by atoms with Gasteiger partial charge in [0.05, 0.1) is 5.69 Å². The molecule has 24 heavy (non-hydrogen) atoms. The number of nitrogens with two attached hydrogens (primary N) is 3. The summed E-state index contributed by atoms with van der Waals surface area (Å²) in [5.41, 5.74) is 19.9. The van der Waals surface area contributed by atoms with Crippen molar-refractivity contribution in [2.45, 2.75) is 6.92 Å². The Morgan fingerprint density at radius 2 is 1.92 bits per heavy atom. The predicted octanol–water partition coefficient (Wildman–Crippen LogP) is 2.68. The molecule has 3 rings (SSSR count). The summed E-state index contributed by atoms with van der Waals surface area (Å²) < 4.78 is 5.76. The zero-order chi connectivity index (χ0) is 17.3. The molecule has 0 fully saturated rings. The second-order valence-electron chi connectivity index (χ2n) is 5.14. The van der Waals surface area contributed by atoms with Gasteiger partial charge in [0, 0.05) is 10.6 Å². The van der Waals surface area contributed by atoms with E-state index in [-0.39, 0.29) is 11.9 Å². The number of nitrogens with zero attached hydrogens (tertiary/aromatic N) is 3. The molecule has 8 heteroatoms. The molecule has 3 aromatic rings. The number of benzene rings is 2. The Hall–Kier alpha value is -3.06. The summed E-state index contributed by atoms with van der Waals surface area (Å²) in [6.07, 6.45) is 0. The molecule has 0 spiro atoms. The molecular formula is C16H15ClN6O. The van der Waals surface area contributed by atoms with Crippen molar-refractivity contribution >= 4 is 40.3 Å². The minimum absolute atomic E-state index is 0.0282. The van der Waals surface area contributed by atoms with Crippen LogP contribution in [-0.4, -0.2) is 16.9 Å². The van der Waals surface area contributed by atoms with E-state index in [1.54, 1.807) is 24.3 Å². The molecule has 122 valence electrons. The van der Waals surface area contributed by atoms with Crippen LogP contribution in [0.1, 0.15) is 5.56 Å². The molecule has 0 saturated heterocycles. The summed E-state index contributed by atoms with van der Waals surface area (Å²) in [5.74, 6) is 0.282. The van der Waals surface area contributed by atoms with Crippen molar-refractivity contribution in [2.24, 2.45) is 27.2 Å².